The molecule has 134 valence electrons. The van der Waals surface area contributed by atoms with Crippen molar-refractivity contribution < 1.29 is 26.3 Å². The van der Waals surface area contributed by atoms with E-state index in [2.05, 4.69) is 14.7 Å². The summed E-state index contributed by atoms with van der Waals surface area (Å²) < 4.78 is 66.8. The van der Waals surface area contributed by atoms with E-state index in [4.69, 9.17) is 5.73 Å². The fraction of sp³-hybridized carbons (Fsp3) is 0.286. The molecular weight excluding hydrogens is 361 g/mol. The summed E-state index contributed by atoms with van der Waals surface area (Å²) in [5.74, 6) is -0.174. The number of hydrogen-bond donors (Lipinski definition) is 1. The number of rotatable bonds is 3. The van der Waals surface area contributed by atoms with Crippen LogP contribution in [-0.2, 0) is 23.0 Å². The Kier molecular flexibility index (Phi) is 4.29. The minimum atomic E-state index is -4.84. The molecule has 2 aromatic rings. The predicted octanol–water partition coefficient (Wildman–Crippen LogP) is 1.70. The fourth-order valence-corrected chi connectivity index (χ4v) is 3.93. The molecule has 11 heteroatoms. The number of benzene rings is 1. The van der Waals surface area contributed by atoms with Crippen molar-refractivity contribution >= 4 is 15.8 Å². The maximum absolute atomic E-state index is 12.7. The summed E-state index contributed by atoms with van der Waals surface area (Å²) in [6, 6.07) is 4.05. The van der Waals surface area contributed by atoms with Gasteiger partial charge in [0.25, 0.3) is 0 Å². The number of aromatic nitrogens is 2. The van der Waals surface area contributed by atoms with E-state index in [0.29, 0.717) is 23.5 Å². The Hall–Kier alpha value is -2.40. The van der Waals surface area contributed by atoms with E-state index in [1.54, 1.807) is 0 Å². The molecule has 0 bridgehead atoms. The van der Waals surface area contributed by atoms with E-state index in [1.165, 1.54) is 10.6 Å². The summed E-state index contributed by atoms with van der Waals surface area (Å²) in [6.07, 6.45) is -3.22. The van der Waals surface area contributed by atoms with Gasteiger partial charge in [-0.1, -0.05) is 0 Å². The highest BCUT2D eigenvalue weighted by Crippen LogP contribution is 2.28. The van der Waals surface area contributed by atoms with Crippen LogP contribution in [0.25, 0.3) is 0 Å². The zero-order valence-corrected chi connectivity index (χ0v) is 13.5. The Bertz CT molecular complexity index is 885. The number of sulfonamides is 1. The minimum Gasteiger partial charge on any atom is -0.406 e. The van der Waals surface area contributed by atoms with Crippen LogP contribution >= 0.6 is 0 Å². The van der Waals surface area contributed by atoms with Crippen molar-refractivity contribution in [3.8, 4) is 5.75 Å². The van der Waals surface area contributed by atoms with Crippen molar-refractivity contribution in [3.63, 3.8) is 0 Å². The Morgan fingerprint density at radius 1 is 1.16 bits per heavy atom. The third kappa shape index (κ3) is 3.66. The molecule has 0 amide bonds. The van der Waals surface area contributed by atoms with Crippen LogP contribution in [-0.4, -0.2) is 35.6 Å². The van der Waals surface area contributed by atoms with Gasteiger partial charge < -0.3 is 10.5 Å². The number of hydrogen-bond acceptors (Lipinski definition) is 6. The van der Waals surface area contributed by atoms with Crippen LogP contribution in [0.15, 0.2) is 35.5 Å². The lowest BCUT2D eigenvalue weighted by atomic mass is 10.1. The first-order chi connectivity index (χ1) is 11.7. The Balaban J connectivity index is 1.83. The van der Waals surface area contributed by atoms with Gasteiger partial charge in [-0.3, -0.25) is 0 Å². The van der Waals surface area contributed by atoms with Gasteiger partial charge in [0, 0.05) is 12.1 Å². The number of nitrogen functional groups attached to an aromatic ring is 1. The molecule has 0 saturated heterocycles. The summed E-state index contributed by atoms with van der Waals surface area (Å²) in [5, 5.41) is 0. The first-order valence-electron chi connectivity index (χ1n) is 7.11. The van der Waals surface area contributed by atoms with Gasteiger partial charge in [0.15, 0.2) is 0 Å². The molecule has 0 saturated carbocycles. The second-order valence-corrected chi connectivity index (χ2v) is 7.23. The van der Waals surface area contributed by atoms with E-state index in [1.807, 2.05) is 0 Å². The number of nitrogens with zero attached hydrogens (tertiary/aromatic N) is 3. The highest BCUT2D eigenvalue weighted by Gasteiger charge is 2.32. The highest BCUT2D eigenvalue weighted by atomic mass is 32.2. The number of alkyl halides is 3. The van der Waals surface area contributed by atoms with E-state index in [0.717, 1.165) is 24.3 Å². The van der Waals surface area contributed by atoms with Crippen molar-refractivity contribution in [2.24, 2.45) is 0 Å². The van der Waals surface area contributed by atoms with Crippen LogP contribution in [0.5, 0.6) is 5.75 Å². The molecule has 3 rings (SSSR count). The molecule has 1 aliphatic rings. The van der Waals surface area contributed by atoms with Crippen LogP contribution in [0.1, 0.15) is 11.3 Å². The van der Waals surface area contributed by atoms with Gasteiger partial charge in [0.2, 0.25) is 10.0 Å². The lowest BCUT2D eigenvalue weighted by molar-refractivity contribution is -0.274. The van der Waals surface area contributed by atoms with Gasteiger partial charge in [-0.05, 0) is 30.7 Å². The maximum atomic E-state index is 12.7. The molecule has 0 radical (unpaired) electrons. The van der Waals surface area contributed by atoms with Gasteiger partial charge in [-0.15, -0.1) is 13.2 Å². The molecule has 1 aliphatic heterocycles. The summed E-state index contributed by atoms with van der Waals surface area (Å²) in [4.78, 5) is 7.79. The first kappa shape index (κ1) is 17.4. The van der Waals surface area contributed by atoms with Crippen molar-refractivity contribution in [3.05, 3.63) is 41.9 Å². The summed E-state index contributed by atoms with van der Waals surface area (Å²) in [6.45, 7) is 0.193. The summed E-state index contributed by atoms with van der Waals surface area (Å²) >= 11 is 0. The third-order valence-corrected chi connectivity index (χ3v) is 5.56. The zero-order valence-electron chi connectivity index (χ0n) is 12.7. The third-order valence-electron chi connectivity index (χ3n) is 3.70. The molecule has 25 heavy (non-hydrogen) atoms. The lowest BCUT2D eigenvalue weighted by Crippen LogP contribution is -2.36. The van der Waals surface area contributed by atoms with Crippen molar-refractivity contribution in [2.45, 2.75) is 24.2 Å². The molecule has 0 aliphatic carbocycles. The van der Waals surface area contributed by atoms with Gasteiger partial charge in [-0.25, -0.2) is 18.4 Å². The lowest BCUT2D eigenvalue weighted by Gasteiger charge is -2.27. The molecule has 1 aromatic carbocycles. The molecule has 0 fully saturated rings. The normalized spacial score (nSPS) is 15.6. The molecule has 2 N–H and O–H groups in total. The Morgan fingerprint density at radius 2 is 1.84 bits per heavy atom. The molecule has 7 nitrogen and oxygen atoms in total. The van der Waals surface area contributed by atoms with Crippen LogP contribution in [0.4, 0.5) is 19.0 Å². The number of anilines is 1. The average molecular weight is 374 g/mol. The van der Waals surface area contributed by atoms with Crippen LogP contribution in [0, 0.1) is 0 Å². The second kappa shape index (κ2) is 6.15. The number of fused-ring (bicyclic) bond motifs is 1. The van der Waals surface area contributed by atoms with Crippen LogP contribution in [0.3, 0.4) is 0 Å². The summed E-state index contributed by atoms with van der Waals surface area (Å²) in [5.41, 5.74) is 6.97. The zero-order chi connectivity index (χ0) is 18.2. The molecular formula is C14H13F3N4O3S. The summed E-state index contributed by atoms with van der Waals surface area (Å²) in [7, 11) is -3.88. The monoisotopic (exact) mass is 374 g/mol. The molecule has 1 aromatic heterocycles. The van der Waals surface area contributed by atoms with E-state index < -0.39 is 22.1 Å². The minimum absolute atomic E-state index is 0.0190. The SMILES string of the molecule is Nc1ncnc2c1CCN(S(=O)(=O)c1ccc(OC(F)(F)F)cc1)C2. The smallest absolute Gasteiger partial charge is 0.406 e. The number of halogens is 3. The quantitative estimate of drug-likeness (QED) is 0.878. The largest absolute Gasteiger partial charge is 0.573 e. The van der Waals surface area contributed by atoms with Gasteiger partial charge in [0.1, 0.15) is 17.9 Å². The van der Waals surface area contributed by atoms with Crippen LogP contribution < -0.4 is 10.5 Å². The average Bonchev–Trinajstić information content (AvgIpc) is 2.54. The van der Waals surface area contributed by atoms with Gasteiger partial charge in [-0.2, -0.15) is 4.31 Å². The number of ether oxygens (including phenoxy) is 1. The van der Waals surface area contributed by atoms with Crippen molar-refractivity contribution in [1.29, 1.82) is 0 Å². The Morgan fingerprint density at radius 3 is 2.48 bits per heavy atom. The van der Waals surface area contributed by atoms with Gasteiger partial charge >= 0.3 is 6.36 Å². The van der Waals surface area contributed by atoms with E-state index >= 15 is 0 Å². The molecule has 0 unspecified atom stereocenters. The Labute approximate surface area is 141 Å². The standard InChI is InChI=1S/C14H13F3N4O3S/c15-14(16,17)24-9-1-3-10(4-2-9)25(22,23)21-6-5-11-12(7-21)19-8-20-13(11)18/h1-4,8H,5-7H2,(H2,18,19,20). The molecule has 0 atom stereocenters. The highest BCUT2D eigenvalue weighted by molar-refractivity contribution is 7.89. The van der Waals surface area contributed by atoms with Crippen molar-refractivity contribution in [1.82, 2.24) is 14.3 Å². The van der Waals surface area contributed by atoms with Crippen molar-refractivity contribution in [2.75, 3.05) is 12.3 Å². The second-order valence-electron chi connectivity index (χ2n) is 5.29. The molecule has 0 spiro atoms. The maximum Gasteiger partial charge on any atom is 0.573 e. The first-order valence-corrected chi connectivity index (χ1v) is 8.55. The fourth-order valence-electron chi connectivity index (χ4n) is 2.52. The van der Waals surface area contributed by atoms with Crippen LogP contribution in [0.2, 0.25) is 0 Å². The predicted molar refractivity (Wildman–Crippen MR) is 80.9 cm³/mol. The van der Waals surface area contributed by atoms with E-state index in [-0.39, 0.29) is 18.0 Å². The number of nitrogens with two attached hydrogens (primary N) is 1. The molecule has 2 heterocycles. The topological polar surface area (TPSA) is 98.4 Å². The van der Waals surface area contributed by atoms with Gasteiger partial charge in [0.05, 0.1) is 17.1 Å². The van der Waals surface area contributed by atoms with E-state index in [9.17, 15) is 21.6 Å².